The van der Waals surface area contributed by atoms with E-state index < -0.39 is 0 Å². The fraction of sp³-hybridized carbons (Fsp3) is 0.278. The Bertz CT molecular complexity index is 603. The van der Waals surface area contributed by atoms with E-state index >= 15 is 0 Å². The van der Waals surface area contributed by atoms with Gasteiger partial charge in [0.1, 0.15) is 0 Å². The zero-order chi connectivity index (χ0) is 14.7. The average Bonchev–Trinajstić information content (AvgIpc) is 3.33. The second-order valence-electron chi connectivity index (χ2n) is 5.60. The molecule has 0 aromatic heterocycles. The van der Waals surface area contributed by atoms with Crippen LogP contribution in [0.3, 0.4) is 0 Å². The molecule has 2 N–H and O–H groups in total. The molecule has 1 fully saturated rings. The maximum atomic E-state index is 11.9. The number of hydrogen-bond donors (Lipinski definition) is 2. The third-order valence-electron chi connectivity index (χ3n) is 3.74. The minimum absolute atomic E-state index is 0.0279. The van der Waals surface area contributed by atoms with E-state index in [9.17, 15) is 4.79 Å². The van der Waals surface area contributed by atoms with Gasteiger partial charge in [0.15, 0.2) is 0 Å². The van der Waals surface area contributed by atoms with Crippen LogP contribution in [0.1, 0.15) is 41.7 Å². The van der Waals surface area contributed by atoms with E-state index in [0.29, 0.717) is 6.04 Å². The highest BCUT2D eigenvalue weighted by Gasteiger charge is 2.23. The molecule has 1 unspecified atom stereocenters. The SMILES string of the molecule is CC(Nc1ccc(C(=O)NC2CC2)cc1)c1ccccc1. The van der Waals surface area contributed by atoms with Crippen molar-refractivity contribution in [3.63, 3.8) is 0 Å². The topological polar surface area (TPSA) is 41.1 Å². The lowest BCUT2D eigenvalue weighted by Gasteiger charge is -2.16. The van der Waals surface area contributed by atoms with Gasteiger partial charge in [-0.1, -0.05) is 30.3 Å². The van der Waals surface area contributed by atoms with Gasteiger partial charge in [-0.25, -0.2) is 0 Å². The smallest absolute Gasteiger partial charge is 0.251 e. The maximum absolute atomic E-state index is 11.9. The second-order valence-corrected chi connectivity index (χ2v) is 5.60. The Hall–Kier alpha value is -2.29. The Labute approximate surface area is 125 Å². The van der Waals surface area contributed by atoms with Gasteiger partial charge in [0.05, 0.1) is 0 Å². The van der Waals surface area contributed by atoms with E-state index in [1.54, 1.807) is 0 Å². The Kier molecular flexibility index (Phi) is 3.91. The molecular formula is C18H20N2O. The molecule has 1 aliphatic rings. The highest BCUT2D eigenvalue weighted by Crippen LogP contribution is 2.21. The molecule has 3 heteroatoms. The maximum Gasteiger partial charge on any atom is 0.251 e. The van der Waals surface area contributed by atoms with Crippen molar-refractivity contribution in [2.45, 2.75) is 31.8 Å². The summed E-state index contributed by atoms with van der Waals surface area (Å²) in [5, 5.41) is 6.44. The Morgan fingerprint density at radius 2 is 1.71 bits per heavy atom. The Balaban J connectivity index is 1.62. The van der Waals surface area contributed by atoms with Gasteiger partial charge in [-0.3, -0.25) is 4.79 Å². The first-order valence-electron chi connectivity index (χ1n) is 7.45. The number of anilines is 1. The van der Waals surface area contributed by atoms with Crippen LogP contribution in [0.25, 0.3) is 0 Å². The Morgan fingerprint density at radius 3 is 2.33 bits per heavy atom. The number of nitrogens with one attached hydrogen (secondary N) is 2. The molecule has 1 atom stereocenters. The molecule has 3 nitrogen and oxygen atoms in total. The van der Waals surface area contributed by atoms with Crippen molar-refractivity contribution in [3.8, 4) is 0 Å². The fourth-order valence-corrected chi connectivity index (χ4v) is 2.29. The van der Waals surface area contributed by atoms with Crippen molar-refractivity contribution in [3.05, 3.63) is 65.7 Å². The largest absolute Gasteiger partial charge is 0.379 e. The van der Waals surface area contributed by atoms with Crippen LogP contribution in [-0.4, -0.2) is 11.9 Å². The van der Waals surface area contributed by atoms with Crippen molar-refractivity contribution < 1.29 is 4.79 Å². The van der Waals surface area contributed by atoms with Crippen molar-refractivity contribution in [2.24, 2.45) is 0 Å². The number of amides is 1. The molecule has 0 aliphatic heterocycles. The monoisotopic (exact) mass is 280 g/mol. The number of carbonyl (C=O) groups is 1. The van der Waals surface area contributed by atoms with Crippen LogP contribution in [0.5, 0.6) is 0 Å². The quantitative estimate of drug-likeness (QED) is 0.875. The van der Waals surface area contributed by atoms with E-state index in [-0.39, 0.29) is 11.9 Å². The third kappa shape index (κ3) is 3.63. The molecule has 0 spiro atoms. The first kappa shape index (κ1) is 13.7. The summed E-state index contributed by atoms with van der Waals surface area (Å²) in [6, 6.07) is 18.6. The second kappa shape index (κ2) is 6.00. The normalized spacial score (nSPS) is 15.3. The van der Waals surface area contributed by atoms with Crippen LogP contribution in [0.15, 0.2) is 54.6 Å². The predicted molar refractivity (Wildman–Crippen MR) is 85.4 cm³/mol. The molecule has 0 saturated heterocycles. The summed E-state index contributed by atoms with van der Waals surface area (Å²) >= 11 is 0. The molecule has 1 amide bonds. The number of rotatable bonds is 5. The molecule has 0 bridgehead atoms. The van der Waals surface area contributed by atoms with Gasteiger partial charge in [-0.15, -0.1) is 0 Å². The van der Waals surface area contributed by atoms with E-state index in [4.69, 9.17) is 0 Å². The molecule has 0 radical (unpaired) electrons. The van der Waals surface area contributed by atoms with Gasteiger partial charge in [0.25, 0.3) is 5.91 Å². The van der Waals surface area contributed by atoms with Crippen molar-refractivity contribution in [2.75, 3.05) is 5.32 Å². The summed E-state index contributed by atoms with van der Waals surface area (Å²) in [5.41, 5.74) is 2.99. The summed E-state index contributed by atoms with van der Waals surface area (Å²) in [6.07, 6.45) is 2.22. The van der Waals surface area contributed by atoms with Crippen molar-refractivity contribution in [1.82, 2.24) is 5.32 Å². The lowest BCUT2D eigenvalue weighted by molar-refractivity contribution is 0.0951. The summed E-state index contributed by atoms with van der Waals surface area (Å²) in [5.74, 6) is 0.0279. The highest BCUT2D eigenvalue weighted by atomic mass is 16.1. The van der Waals surface area contributed by atoms with Gasteiger partial charge in [0, 0.05) is 23.3 Å². The molecule has 2 aromatic rings. The molecule has 108 valence electrons. The molecule has 0 heterocycles. The minimum atomic E-state index is 0.0279. The van der Waals surface area contributed by atoms with Crippen LogP contribution in [-0.2, 0) is 0 Å². The number of carbonyl (C=O) groups excluding carboxylic acids is 1. The predicted octanol–water partition coefficient (Wildman–Crippen LogP) is 3.75. The van der Waals surface area contributed by atoms with Gasteiger partial charge < -0.3 is 10.6 Å². The van der Waals surface area contributed by atoms with Crippen LogP contribution in [0, 0.1) is 0 Å². The lowest BCUT2D eigenvalue weighted by atomic mass is 10.1. The molecule has 1 saturated carbocycles. The van der Waals surface area contributed by atoms with Gasteiger partial charge >= 0.3 is 0 Å². The van der Waals surface area contributed by atoms with Gasteiger partial charge in [0.2, 0.25) is 0 Å². The first-order valence-corrected chi connectivity index (χ1v) is 7.45. The summed E-state index contributed by atoms with van der Waals surface area (Å²) in [4.78, 5) is 11.9. The summed E-state index contributed by atoms with van der Waals surface area (Å²) < 4.78 is 0. The van der Waals surface area contributed by atoms with E-state index in [2.05, 4.69) is 29.7 Å². The van der Waals surface area contributed by atoms with Crippen molar-refractivity contribution in [1.29, 1.82) is 0 Å². The molecule has 21 heavy (non-hydrogen) atoms. The Morgan fingerprint density at radius 1 is 1.05 bits per heavy atom. The molecule has 3 rings (SSSR count). The average molecular weight is 280 g/mol. The zero-order valence-electron chi connectivity index (χ0n) is 12.2. The zero-order valence-corrected chi connectivity index (χ0v) is 12.2. The molecular weight excluding hydrogens is 260 g/mol. The standard InChI is InChI=1S/C18H20N2O/c1-13(14-5-3-2-4-6-14)19-16-9-7-15(8-10-16)18(21)20-17-11-12-17/h2-10,13,17,19H,11-12H2,1H3,(H,20,21). The van der Waals surface area contributed by atoms with E-state index in [1.807, 2.05) is 42.5 Å². The molecule has 2 aromatic carbocycles. The third-order valence-corrected chi connectivity index (χ3v) is 3.74. The van der Waals surface area contributed by atoms with E-state index in [1.165, 1.54) is 5.56 Å². The van der Waals surface area contributed by atoms with Crippen LogP contribution in [0.4, 0.5) is 5.69 Å². The highest BCUT2D eigenvalue weighted by molar-refractivity contribution is 5.94. The summed E-state index contributed by atoms with van der Waals surface area (Å²) in [6.45, 7) is 2.13. The summed E-state index contributed by atoms with van der Waals surface area (Å²) in [7, 11) is 0. The first-order chi connectivity index (χ1) is 10.2. The number of benzene rings is 2. The van der Waals surface area contributed by atoms with Gasteiger partial charge in [-0.05, 0) is 49.6 Å². The fourth-order valence-electron chi connectivity index (χ4n) is 2.29. The van der Waals surface area contributed by atoms with Crippen LogP contribution >= 0.6 is 0 Å². The molecule has 1 aliphatic carbocycles. The van der Waals surface area contributed by atoms with Gasteiger partial charge in [-0.2, -0.15) is 0 Å². The van der Waals surface area contributed by atoms with Crippen LogP contribution in [0.2, 0.25) is 0 Å². The van der Waals surface area contributed by atoms with Crippen molar-refractivity contribution >= 4 is 11.6 Å². The number of hydrogen-bond acceptors (Lipinski definition) is 2. The lowest BCUT2D eigenvalue weighted by Crippen LogP contribution is -2.25. The van der Waals surface area contributed by atoms with E-state index in [0.717, 1.165) is 24.1 Å². The minimum Gasteiger partial charge on any atom is -0.379 e. The van der Waals surface area contributed by atoms with Crippen LogP contribution < -0.4 is 10.6 Å².